The second-order valence-corrected chi connectivity index (χ2v) is 15.1. The number of fused-ring (bicyclic) bond motifs is 4. The van der Waals surface area contributed by atoms with Crippen LogP contribution in [0.4, 0.5) is 16.2 Å². The molecule has 0 unspecified atom stereocenters. The molecule has 0 aromatic heterocycles. The number of hydrogen-bond donors (Lipinski definition) is 8. The lowest BCUT2D eigenvalue weighted by Gasteiger charge is -2.53. The average molecular weight is 735 g/mol. The van der Waals surface area contributed by atoms with E-state index in [2.05, 4.69) is 48.8 Å². The molecule has 13 nitrogen and oxygen atoms in total. The number of aromatic hydroxyl groups is 1. The van der Waals surface area contributed by atoms with E-state index in [1.807, 2.05) is 12.1 Å². The standard InChI is InChI=1S/C41H42N4O9/c1-17(2)20-6-7-21-15-22(16-23(21)14-20)19-8-10-24(11-9-19)43-40(53)44-26-13-12-25-18(3)27-29(34(47)28(25)33(26)46)37(50)41(54)31(35(27)48)32(45(4)5)36(49)30(38(41)51)39(42)52/h6-15,17-18,27,31-32,35,46-48,51,54H,16H2,1-5H3,(H2,42,52)(H2,43,44,53)/t18-,27+,31+,32-,35-,41-/m0/s1. The molecular formula is C41H42N4O9. The monoisotopic (exact) mass is 734 g/mol. The number of aliphatic hydroxyl groups is 4. The van der Waals surface area contributed by atoms with Crippen molar-refractivity contribution < 1.29 is 44.7 Å². The van der Waals surface area contributed by atoms with Crippen molar-refractivity contribution in [2.24, 2.45) is 17.6 Å². The number of ketones is 2. The molecule has 0 heterocycles. The first-order valence-corrected chi connectivity index (χ1v) is 17.7. The maximum Gasteiger partial charge on any atom is 0.323 e. The summed E-state index contributed by atoms with van der Waals surface area (Å²) in [6, 6.07) is 14.6. The van der Waals surface area contributed by atoms with E-state index in [1.165, 1.54) is 47.8 Å². The zero-order valence-corrected chi connectivity index (χ0v) is 30.3. The summed E-state index contributed by atoms with van der Waals surface area (Å²) >= 11 is 0. The van der Waals surface area contributed by atoms with Gasteiger partial charge in [0.1, 0.15) is 22.8 Å². The van der Waals surface area contributed by atoms with E-state index < -0.39 is 87.4 Å². The molecule has 0 saturated heterocycles. The van der Waals surface area contributed by atoms with Gasteiger partial charge in [-0.1, -0.05) is 63.2 Å². The number of rotatable bonds is 6. The van der Waals surface area contributed by atoms with Gasteiger partial charge in [-0.05, 0) is 83.9 Å². The molecule has 3 aromatic rings. The third-order valence-electron chi connectivity index (χ3n) is 11.4. The molecule has 1 saturated carbocycles. The third-order valence-corrected chi connectivity index (χ3v) is 11.4. The second kappa shape index (κ2) is 13.0. The molecule has 3 amide bonds. The van der Waals surface area contributed by atoms with Crippen molar-refractivity contribution in [1.82, 2.24) is 4.90 Å². The van der Waals surface area contributed by atoms with E-state index in [4.69, 9.17) is 5.73 Å². The zero-order valence-electron chi connectivity index (χ0n) is 30.3. The number of urea groups is 1. The Labute approximate surface area is 311 Å². The van der Waals surface area contributed by atoms with E-state index in [0.717, 1.165) is 17.6 Å². The minimum absolute atomic E-state index is 0.120. The van der Waals surface area contributed by atoms with Crippen LogP contribution in [-0.4, -0.2) is 85.8 Å². The number of primary amides is 1. The minimum atomic E-state index is -3.03. The number of benzene rings is 3. The Bertz CT molecular complexity index is 2250. The predicted molar refractivity (Wildman–Crippen MR) is 202 cm³/mol. The number of anilines is 2. The number of allylic oxidation sites excluding steroid dienone is 1. The SMILES string of the molecule is CC(C)c1ccc2c(c1)CC(c1ccc(NC(=O)Nc3ccc4c(c3O)C(O)=C3C(=O)[C@]5(O)C(O)=C(C(N)=O)C(=O)[C@@H](N(C)C)[C@@H]5[C@@H](O)[C@@H]3[C@H]4C)cc1)=C2. The topological polar surface area (TPSA) is 223 Å². The molecule has 0 aliphatic heterocycles. The number of hydrogen-bond acceptors (Lipinski definition) is 10. The molecule has 1 fully saturated rings. The van der Waals surface area contributed by atoms with Crippen LogP contribution in [0.5, 0.6) is 5.75 Å². The summed E-state index contributed by atoms with van der Waals surface area (Å²) < 4.78 is 0. The van der Waals surface area contributed by atoms with E-state index in [0.29, 0.717) is 17.2 Å². The van der Waals surface area contributed by atoms with Crippen molar-refractivity contribution in [3.63, 3.8) is 0 Å². The number of Topliss-reactive ketones (excluding diaryl/α,β-unsaturated/α-hetero) is 2. The van der Waals surface area contributed by atoms with Crippen molar-refractivity contribution in [3.8, 4) is 5.75 Å². The lowest BCUT2D eigenvalue weighted by atomic mass is 9.54. The Morgan fingerprint density at radius 3 is 2.30 bits per heavy atom. The van der Waals surface area contributed by atoms with E-state index in [1.54, 1.807) is 19.1 Å². The maximum atomic E-state index is 14.2. The number of amides is 3. The number of carbonyl (C=O) groups excluding carboxylic acids is 4. The number of phenols is 1. The highest BCUT2D eigenvalue weighted by Crippen LogP contribution is 2.56. The molecular weight excluding hydrogens is 692 g/mol. The minimum Gasteiger partial charge on any atom is -0.508 e. The summed E-state index contributed by atoms with van der Waals surface area (Å²) in [7, 11) is 2.88. The Morgan fingerprint density at radius 1 is 0.981 bits per heavy atom. The van der Waals surface area contributed by atoms with E-state index in [9.17, 15) is 44.7 Å². The summed E-state index contributed by atoms with van der Waals surface area (Å²) in [6.45, 7) is 5.96. The summed E-state index contributed by atoms with van der Waals surface area (Å²) in [5.74, 6) is -9.58. The Hall–Kier alpha value is -5.76. The van der Waals surface area contributed by atoms with Gasteiger partial charge < -0.3 is 41.9 Å². The number of nitrogens with two attached hydrogens (primary N) is 1. The Morgan fingerprint density at radius 2 is 1.67 bits per heavy atom. The van der Waals surface area contributed by atoms with Crippen LogP contribution in [0, 0.1) is 11.8 Å². The first-order valence-electron chi connectivity index (χ1n) is 17.7. The normalized spacial score (nSPS) is 25.9. The number of aliphatic hydroxyl groups excluding tert-OH is 3. The zero-order chi connectivity index (χ0) is 39.1. The van der Waals surface area contributed by atoms with Crippen LogP contribution in [0.3, 0.4) is 0 Å². The average Bonchev–Trinajstić information content (AvgIpc) is 3.54. The lowest BCUT2D eigenvalue weighted by Crippen LogP contribution is -2.70. The van der Waals surface area contributed by atoms with Gasteiger partial charge in [-0.2, -0.15) is 0 Å². The number of carbonyl (C=O) groups is 4. The Balaban J connectivity index is 1.15. The van der Waals surface area contributed by atoms with Crippen molar-refractivity contribution >= 4 is 52.3 Å². The van der Waals surface area contributed by atoms with Gasteiger partial charge in [0.2, 0.25) is 5.78 Å². The van der Waals surface area contributed by atoms with Gasteiger partial charge in [-0.25, -0.2) is 4.79 Å². The fourth-order valence-corrected chi connectivity index (χ4v) is 8.68. The highest BCUT2D eigenvalue weighted by molar-refractivity contribution is 6.24. The van der Waals surface area contributed by atoms with Gasteiger partial charge in [-0.15, -0.1) is 0 Å². The number of nitrogens with one attached hydrogen (secondary N) is 2. The number of phenolic OH excluding ortho intramolecular Hbond substituents is 1. The van der Waals surface area contributed by atoms with Crippen LogP contribution in [0.1, 0.15) is 66.0 Å². The molecule has 4 aliphatic carbocycles. The molecule has 54 heavy (non-hydrogen) atoms. The summed E-state index contributed by atoms with van der Waals surface area (Å²) in [5, 5.41) is 63.1. The summed E-state index contributed by atoms with van der Waals surface area (Å²) in [5.41, 5.74) is 7.18. The van der Waals surface area contributed by atoms with Crippen molar-refractivity contribution in [2.75, 3.05) is 24.7 Å². The van der Waals surface area contributed by atoms with E-state index in [-0.39, 0.29) is 11.3 Å². The van der Waals surface area contributed by atoms with Gasteiger partial charge >= 0.3 is 6.03 Å². The molecule has 0 bridgehead atoms. The van der Waals surface area contributed by atoms with Gasteiger partial charge in [-0.3, -0.25) is 19.3 Å². The smallest absolute Gasteiger partial charge is 0.323 e. The maximum absolute atomic E-state index is 14.2. The van der Waals surface area contributed by atoms with Crippen LogP contribution in [0.15, 0.2) is 71.5 Å². The molecule has 4 aliphatic rings. The van der Waals surface area contributed by atoms with Gasteiger partial charge in [0.05, 0.1) is 29.3 Å². The van der Waals surface area contributed by atoms with Gasteiger partial charge in [0, 0.05) is 17.2 Å². The second-order valence-electron chi connectivity index (χ2n) is 15.1. The highest BCUT2D eigenvalue weighted by Gasteiger charge is 2.68. The Kier molecular flexibility index (Phi) is 8.79. The first-order chi connectivity index (χ1) is 25.5. The summed E-state index contributed by atoms with van der Waals surface area (Å²) in [4.78, 5) is 54.3. The van der Waals surface area contributed by atoms with Gasteiger partial charge in [0.15, 0.2) is 11.4 Å². The van der Waals surface area contributed by atoms with Crippen LogP contribution in [0.2, 0.25) is 0 Å². The molecule has 280 valence electrons. The molecule has 6 atom stereocenters. The van der Waals surface area contributed by atoms with Crippen LogP contribution >= 0.6 is 0 Å². The van der Waals surface area contributed by atoms with Crippen molar-refractivity contribution in [3.05, 3.63) is 105 Å². The molecule has 0 radical (unpaired) electrons. The molecule has 0 spiro atoms. The fraction of sp³-hybridized carbons (Fsp3) is 0.317. The van der Waals surface area contributed by atoms with Crippen molar-refractivity contribution in [1.29, 1.82) is 0 Å². The van der Waals surface area contributed by atoms with Crippen molar-refractivity contribution in [2.45, 2.75) is 56.8 Å². The molecule has 3 aromatic carbocycles. The van der Waals surface area contributed by atoms with E-state index >= 15 is 0 Å². The fourth-order valence-electron chi connectivity index (χ4n) is 8.68. The molecule has 7 rings (SSSR count). The molecule has 13 heteroatoms. The molecule has 9 N–H and O–H groups in total. The summed E-state index contributed by atoms with van der Waals surface area (Å²) in [6.07, 6.45) is 1.25. The largest absolute Gasteiger partial charge is 0.508 e. The number of likely N-dealkylation sites (N-methyl/N-ethyl adjacent to an activating group) is 1. The van der Waals surface area contributed by atoms with Crippen LogP contribution in [-0.2, 0) is 20.8 Å². The third kappa shape index (κ3) is 5.41. The quantitative estimate of drug-likeness (QED) is 0.132. The van der Waals surface area contributed by atoms with Gasteiger partial charge in [0.25, 0.3) is 5.91 Å². The predicted octanol–water partition coefficient (Wildman–Crippen LogP) is 4.36. The highest BCUT2D eigenvalue weighted by atomic mass is 16.4. The lowest BCUT2D eigenvalue weighted by molar-refractivity contribution is -0.169. The number of nitrogens with zero attached hydrogens (tertiary/aromatic N) is 1. The first kappa shape index (κ1) is 36.6. The van der Waals surface area contributed by atoms with Crippen LogP contribution < -0.4 is 16.4 Å². The van der Waals surface area contributed by atoms with Crippen LogP contribution in [0.25, 0.3) is 17.4 Å².